The highest BCUT2D eigenvalue weighted by atomic mass is 16.4. The summed E-state index contributed by atoms with van der Waals surface area (Å²) in [6.07, 6.45) is -0.0856. The van der Waals surface area contributed by atoms with Crippen LogP contribution in [0.25, 0.3) is 10.8 Å². The van der Waals surface area contributed by atoms with Crippen molar-refractivity contribution in [3.05, 3.63) is 47.0 Å². The molecule has 0 saturated carbocycles. The Labute approximate surface area is 124 Å². The van der Waals surface area contributed by atoms with Crippen molar-refractivity contribution in [1.29, 1.82) is 0 Å². The van der Waals surface area contributed by atoms with Crippen LogP contribution in [-0.2, 0) is 4.79 Å². The molecule has 0 spiro atoms. The third-order valence-corrected chi connectivity index (χ3v) is 3.79. The number of ketones is 1. The first-order chi connectivity index (χ1) is 9.90. The van der Waals surface area contributed by atoms with Crippen LogP contribution in [0.4, 0.5) is 0 Å². The predicted octanol–water partition coefficient (Wildman–Crippen LogP) is 4.32. The van der Waals surface area contributed by atoms with Gasteiger partial charge in [-0.2, -0.15) is 0 Å². The molecule has 1 N–H and O–H groups in total. The molecule has 2 aromatic rings. The zero-order valence-electron chi connectivity index (χ0n) is 12.6. The van der Waals surface area contributed by atoms with Gasteiger partial charge in [0, 0.05) is 12.0 Å². The molecule has 0 radical (unpaired) electrons. The molecule has 0 fully saturated rings. The fraction of sp³-hybridized carbons (Fsp3) is 0.333. The van der Waals surface area contributed by atoms with E-state index in [2.05, 4.69) is 19.9 Å². The lowest BCUT2D eigenvalue weighted by Crippen LogP contribution is -2.05. The summed E-state index contributed by atoms with van der Waals surface area (Å²) in [7, 11) is 0. The molecule has 110 valence electrons. The van der Waals surface area contributed by atoms with Gasteiger partial charge in [-0.3, -0.25) is 9.59 Å². The lowest BCUT2D eigenvalue weighted by atomic mass is 9.92. The largest absolute Gasteiger partial charge is 0.481 e. The summed E-state index contributed by atoms with van der Waals surface area (Å²) in [5.41, 5.74) is 2.98. The average molecular weight is 284 g/mol. The molecule has 0 unspecified atom stereocenters. The van der Waals surface area contributed by atoms with Crippen molar-refractivity contribution in [3.8, 4) is 0 Å². The number of aliphatic carboxylic acids is 1. The Morgan fingerprint density at radius 3 is 2.38 bits per heavy atom. The Morgan fingerprint density at radius 1 is 1.05 bits per heavy atom. The predicted molar refractivity (Wildman–Crippen MR) is 84.0 cm³/mol. The number of rotatable bonds is 5. The lowest BCUT2D eigenvalue weighted by molar-refractivity contribution is -0.136. The first-order valence-electron chi connectivity index (χ1n) is 7.18. The number of carboxylic acids is 1. The van der Waals surface area contributed by atoms with E-state index in [1.54, 1.807) is 6.07 Å². The zero-order valence-corrected chi connectivity index (χ0v) is 12.6. The minimum Gasteiger partial charge on any atom is -0.481 e. The summed E-state index contributed by atoms with van der Waals surface area (Å²) >= 11 is 0. The molecular weight excluding hydrogens is 264 g/mol. The molecule has 0 amide bonds. The average Bonchev–Trinajstić information content (AvgIpc) is 2.44. The molecule has 0 heterocycles. The highest BCUT2D eigenvalue weighted by molar-refractivity contribution is 6.09. The first-order valence-corrected chi connectivity index (χ1v) is 7.18. The summed E-state index contributed by atoms with van der Waals surface area (Å²) in [5.74, 6) is -0.623. The van der Waals surface area contributed by atoms with Gasteiger partial charge in [-0.1, -0.05) is 44.2 Å². The molecule has 0 atom stereocenters. The standard InChI is InChI=1S/C18H20O3/c1-11(2)13-5-7-14-15(17(19)8-9-18(20)21)6-4-12(3)16(14)10-13/h4-7,10-11H,8-9H2,1-3H3,(H,20,21). The van der Waals surface area contributed by atoms with Crippen molar-refractivity contribution in [1.82, 2.24) is 0 Å². The maximum Gasteiger partial charge on any atom is 0.303 e. The maximum atomic E-state index is 12.2. The number of carbonyl (C=O) groups is 2. The normalized spacial score (nSPS) is 11.0. The Hall–Kier alpha value is -2.16. The van der Waals surface area contributed by atoms with Crippen molar-refractivity contribution in [3.63, 3.8) is 0 Å². The molecule has 0 aliphatic rings. The van der Waals surface area contributed by atoms with Gasteiger partial charge < -0.3 is 5.11 Å². The third kappa shape index (κ3) is 3.30. The molecule has 0 saturated heterocycles. The summed E-state index contributed by atoms with van der Waals surface area (Å²) in [6.45, 7) is 6.30. The van der Waals surface area contributed by atoms with Crippen LogP contribution in [-0.4, -0.2) is 16.9 Å². The second kappa shape index (κ2) is 6.08. The van der Waals surface area contributed by atoms with Gasteiger partial charge in [0.15, 0.2) is 5.78 Å². The molecule has 3 heteroatoms. The Balaban J connectivity index is 2.48. The van der Waals surface area contributed by atoms with Crippen LogP contribution in [0.1, 0.15) is 54.1 Å². The summed E-state index contributed by atoms with van der Waals surface area (Å²) in [5, 5.41) is 10.7. The number of benzene rings is 2. The van der Waals surface area contributed by atoms with Crippen LogP contribution in [0.2, 0.25) is 0 Å². The fourth-order valence-corrected chi connectivity index (χ4v) is 2.47. The summed E-state index contributed by atoms with van der Waals surface area (Å²) < 4.78 is 0. The number of fused-ring (bicyclic) bond motifs is 1. The first kappa shape index (κ1) is 15.2. The van der Waals surface area contributed by atoms with Crippen LogP contribution in [0.5, 0.6) is 0 Å². The number of Topliss-reactive ketones (excluding diaryl/α,β-unsaturated/α-hetero) is 1. The van der Waals surface area contributed by atoms with E-state index < -0.39 is 5.97 Å². The van der Waals surface area contributed by atoms with Crippen LogP contribution in [0, 0.1) is 6.92 Å². The van der Waals surface area contributed by atoms with Crippen molar-refractivity contribution in [2.75, 3.05) is 0 Å². The SMILES string of the molecule is Cc1ccc(C(=O)CCC(=O)O)c2ccc(C(C)C)cc12. The highest BCUT2D eigenvalue weighted by Crippen LogP contribution is 2.27. The van der Waals surface area contributed by atoms with E-state index in [1.165, 1.54) is 5.56 Å². The fourth-order valence-electron chi connectivity index (χ4n) is 2.47. The highest BCUT2D eigenvalue weighted by Gasteiger charge is 2.13. The van der Waals surface area contributed by atoms with E-state index in [0.29, 0.717) is 11.5 Å². The molecule has 2 rings (SSSR count). The Kier molecular flexibility index (Phi) is 4.41. The quantitative estimate of drug-likeness (QED) is 0.832. The lowest BCUT2D eigenvalue weighted by Gasteiger charge is -2.12. The van der Waals surface area contributed by atoms with Crippen molar-refractivity contribution >= 4 is 22.5 Å². The molecule has 0 aliphatic heterocycles. The van der Waals surface area contributed by atoms with Gasteiger partial charge in [0.25, 0.3) is 0 Å². The second-order valence-electron chi connectivity index (χ2n) is 5.71. The van der Waals surface area contributed by atoms with Crippen molar-refractivity contribution in [2.45, 2.75) is 39.5 Å². The third-order valence-electron chi connectivity index (χ3n) is 3.79. The smallest absolute Gasteiger partial charge is 0.303 e. The summed E-state index contributed by atoms with van der Waals surface area (Å²) in [6, 6.07) is 9.88. The van der Waals surface area contributed by atoms with E-state index in [0.717, 1.165) is 16.3 Å². The van der Waals surface area contributed by atoms with Gasteiger partial charge in [-0.25, -0.2) is 0 Å². The maximum absolute atomic E-state index is 12.2. The molecule has 0 bridgehead atoms. The van der Waals surface area contributed by atoms with Gasteiger partial charge in [-0.05, 0) is 34.7 Å². The summed E-state index contributed by atoms with van der Waals surface area (Å²) in [4.78, 5) is 22.9. The monoisotopic (exact) mass is 284 g/mol. The van der Waals surface area contributed by atoms with E-state index in [9.17, 15) is 9.59 Å². The van der Waals surface area contributed by atoms with Crippen LogP contribution in [0.15, 0.2) is 30.3 Å². The van der Waals surface area contributed by atoms with Gasteiger partial charge >= 0.3 is 5.97 Å². The Morgan fingerprint density at radius 2 is 1.76 bits per heavy atom. The molecule has 0 aliphatic carbocycles. The van der Waals surface area contributed by atoms with Gasteiger partial charge in [0.2, 0.25) is 0 Å². The minimum absolute atomic E-state index is 0.0411. The van der Waals surface area contributed by atoms with Crippen LogP contribution >= 0.6 is 0 Å². The number of carbonyl (C=O) groups excluding carboxylic acids is 1. The van der Waals surface area contributed by atoms with Gasteiger partial charge in [0.05, 0.1) is 6.42 Å². The van der Waals surface area contributed by atoms with Gasteiger partial charge in [-0.15, -0.1) is 0 Å². The molecule has 2 aromatic carbocycles. The number of carboxylic acid groups (broad SMARTS) is 1. The number of hydrogen-bond donors (Lipinski definition) is 1. The molecule has 21 heavy (non-hydrogen) atoms. The topological polar surface area (TPSA) is 54.4 Å². The van der Waals surface area contributed by atoms with E-state index in [4.69, 9.17) is 5.11 Å². The van der Waals surface area contributed by atoms with Crippen molar-refractivity contribution < 1.29 is 14.7 Å². The number of aryl methyl sites for hydroxylation is 1. The number of hydrogen-bond acceptors (Lipinski definition) is 2. The zero-order chi connectivity index (χ0) is 15.6. The minimum atomic E-state index is -0.943. The van der Waals surface area contributed by atoms with E-state index in [-0.39, 0.29) is 18.6 Å². The molecule has 3 nitrogen and oxygen atoms in total. The van der Waals surface area contributed by atoms with Crippen LogP contribution in [0.3, 0.4) is 0 Å². The second-order valence-corrected chi connectivity index (χ2v) is 5.71. The molecule has 0 aromatic heterocycles. The van der Waals surface area contributed by atoms with Crippen LogP contribution < -0.4 is 0 Å². The van der Waals surface area contributed by atoms with E-state index in [1.807, 2.05) is 25.1 Å². The molecular formula is C18H20O3. The van der Waals surface area contributed by atoms with Gasteiger partial charge in [0.1, 0.15) is 0 Å². The van der Waals surface area contributed by atoms with Crippen molar-refractivity contribution in [2.24, 2.45) is 0 Å². The van der Waals surface area contributed by atoms with E-state index >= 15 is 0 Å². The Bertz CT molecular complexity index is 699.